The van der Waals surface area contributed by atoms with Crippen LogP contribution in [-0.4, -0.2) is 6.61 Å². The fourth-order valence-corrected chi connectivity index (χ4v) is 3.16. The molecule has 0 aliphatic carbocycles. The Morgan fingerprint density at radius 1 is 0.846 bits per heavy atom. The highest BCUT2D eigenvalue weighted by Gasteiger charge is 2.07. The topological polar surface area (TPSA) is 30.5 Å². The van der Waals surface area contributed by atoms with Gasteiger partial charge in [0, 0.05) is 18.0 Å². The molecule has 1 heterocycles. The van der Waals surface area contributed by atoms with Gasteiger partial charge in [-0.25, -0.2) is 0 Å². The third-order valence-corrected chi connectivity index (χ3v) is 4.61. The van der Waals surface area contributed by atoms with Crippen molar-refractivity contribution in [3.63, 3.8) is 0 Å². The lowest BCUT2D eigenvalue weighted by Gasteiger charge is -2.13. The summed E-state index contributed by atoms with van der Waals surface area (Å²) in [5.74, 6) is 1.60. The van der Waals surface area contributed by atoms with Crippen molar-refractivity contribution < 1.29 is 9.47 Å². The first-order valence-electron chi connectivity index (χ1n) is 8.50. The molecule has 0 saturated carbocycles. The summed E-state index contributed by atoms with van der Waals surface area (Å²) >= 11 is 1.70. The third-order valence-electron chi connectivity index (χ3n) is 3.76. The first-order valence-corrected chi connectivity index (χ1v) is 9.38. The van der Waals surface area contributed by atoms with Crippen LogP contribution in [0.3, 0.4) is 0 Å². The number of thiophene rings is 1. The maximum Gasteiger partial charge on any atom is 0.161 e. The summed E-state index contributed by atoms with van der Waals surface area (Å²) in [6.45, 7) is 4.82. The number of ether oxygens (including phenoxy) is 2. The minimum atomic E-state index is 0. The molecule has 0 aliphatic heterocycles. The van der Waals surface area contributed by atoms with Crippen molar-refractivity contribution in [2.45, 2.75) is 26.6 Å². The van der Waals surface area contributed by atoms with E-state index in [-0.39, 0.29) is 12.4 Å². The Labute approximate surface area is 165 Å². The van der Waals surface area contributed by atoms with E-state index in [2.05, 4.69) is 53.2 Å². The van der Waals surface area contributed by atoms with Gasteiger partial charge in [0.1, 0.15) is 6.61 Å². The van der Waals surface area contributed by atoms with Gasteiger partial charge in [-0.2, -0.15) is 0 Å². The standard InChI is InChI=1S/C21H23NO2S.ClH/c1-2-23-21-13-18(15-22-14-17-7-4-3-5-8-17)10-11-20(21)24-16-19-9-6-12-25-19;/h3-13,22H,2,14-16H2,1H3;1H. The SMILES string of the molecule is CCOc1cc(CNCc2ccccc2)ccc1OCc1cccs1.Cl. The van der Waals surface area contributed by atoms with E-state index in [9.17, 15) is 0 Å². The summed E-state index contributed by atoms with van der Waals surface area (Å²) in [6.07, 6.45) is 0. The molecule has 5 heteroatoms. The maximum absolute atomic E-state index is 5.93. The summed E-state index contributed by atoms with van der Waals surface area (Å²) in [6, 6.07) is 20.7. The van der Waals surface area contributed by atoms with Crippen LogP contribution in [0.5, 0.6) is 11.5 Å². The lowest BCUT2D eigenvalue weighted by molar-refractivity contribution is 0.271. The lowest BCUT2D eigenvalue weighted by Crippen LogP contribution is -2.12. The van der Waals surface area contributed by atoms with Gasteiger partial charge in [0.2, 0.25) is 0 Å². The highest BCUT2D eigenvalue weighted by Crippen LogP contribution is 2.29. The fraction of sp³-hybridized carbons (Fsp3) is 0.238. The first kappa shape index (κ1) is 20.3. The van der Waals surface area contributed by atoms with E-state index in [4.69, 9.17) is 9.47 Å². The monoisotopic (exact) mass is 389 g/mol. The average Bonchev–Trinajstić information content (AvgIpc) is 3.16. The summed E-state index contributed by atoms with van der Waals surface area (Å²) in [7, 11) is 0. The molecule has 0 unspecified atom stereocenters. The minimum Gasteiger partial charge on any atom is -0.490 e. The van der Waals surface area contributed by atoms with Crippen molar-refractivity contribution in [1.29, 1.82) is 0 Å². The fourth-order valence-electron chi connectivity index (χ4n) is 2.54. The molecule has 1 N–H and O–H groups in total. The molecule has 0 spiro atoms. The highest BCUT2D eigenvalue weighted by molar-refractivity contribution is 7.09. The van der Waals surface area contributed by atoms with Crippen LogP contribution in [0.1, 0.15) is 22.9 Å². The molecular weight excluding hydrogens is 366 g/mol. The van der Waals surface area contributed by atoms with Crippen LogP contribution < -0.4 is 14.8 Å². The van der Waals surface area contributed by atoms with E-state index in [0.29, 0.717) is 13.2 Å². The van der Waals surface area contributed by atoms with Crippen LogP contribution in [0.25, 0.3) is 0 Å². The van der Waals surface area contributed by atoms with E-state index < -0.39 is 0 Å². The Morgan fingerprint density at radius 2 is 1.65 bits per heavy atom. The molecule has 138 valence electrons. The molecule has 1 aromatic heterocycles. The number of benzene rings is 2. The Hall–Kier alpha value is -2.01. The van der Waals surface area contributed by atoms with Crippen LogP contribution >= 0.6 is 23.7 Å². The number of nitrogens with one attached hydrogen (secondary N) is 1. The van der Waals surface area contributed by atoms with Crippen molar-refractivity contribution in [2.75, 3.05) is 6.61 Å². The zero-order valence-corrected chi connectivity index (χ0v) is 16.4. The second-order valence-corrected chi connectivity index (χ2v) is 6.70. The van der Waals surface area contributed by atoms with E-state index in [0.717, 1.165) is 24.6 Å². The van der Waals surface area contributed by atoms with Gasteiger partial charge in [0.25, 0.3) is 0 Å². The largest absolute Gasteiger partial charge is 0.490 e. The number of halogens is 1. The van der Waals surface area contributed by atoms with Gasteiger partial charge < -0.3 is 14.8 Å². The number of hydrogen-bond acceptors (Lipinski definition) is 4. The summed E-state index contributed by atoms with van der Waals surface area (Å²) in [4.78, 5) is 1.20. The van der Waals surface area contributed by atoms with Gasteiger partial charge >= 0.3 is 0 Å². The number of rotatable bonds is 9. The van der Waals surface area contributed by atoms with Gasteiger partial charge in [-0.3, -0.25) is 0 Å². The summed E-state index contributed by atoms with van der Waals surface area (Å²) in [5, 5.41) is 5.53. The molecule has 3 aromatic rings. The molecule has 0 atom stereocenters. The van der Waals surface area contributed by atoms with Crippen molar-refractivity contribution in [2.24, 2.45) is 0 Å². The molecule has 0 aliphatic rings. The molecule has 2 aromatic carbocycles. The minimum absolute atomic E-state index is 0. The van der Waals surface area contributed by atoms with Gasteiger partial charge in [0.15, 0.2) is 11.5 Å². The normalized spacial score (nSPS) is 10.2. The van der Waals surface area contributed by atoms with Crippen LogP contribution in [0, 0.1) is 0 Å². The van der Waals surface area contributed by atoms with Crippen LogP contribution in [-0.2, 0) is 19.7 Å². The smallest absolute Gasteiger partial charge is 0.161 e. The molecule has 0 amide bonds. The molecule has 0 radical (unpaired) electrons. The summed E-state index contributed by atoms with van der Waals surface area (Å²) in [5.41, 5.74) is 2.46. The zero-order valence-electron chi connectivity index (χ0n) is 14.8. The molecule has 0 saturated heterocycles. The van der Waals surface area contributed by atoms with E-state index in [1.54, 1.807) is 11.3 Å². The maximum atomic E-state index is 5.93. The zero-order chi connectivity index (χ0) is 17.3. The van der Waals surface area contributed by atoms with E-state index >= 15 is 0 Å². The predicted molar refractivity (Wildman–Crippen MR) is 110 cm³/mol. The van der Waals surface area contributed by atoms with Crippen molar-refractivity contribution >= 4 is 23.7 Å². The molecule has 26 heavy (non-hydrogen) atoms. The van der Waals surface area contributed by atoms with Crippen LogP contribution in [0.2, 0.25) is 0 Å². The Balaban J connectivity index is 0.00000243. The average molecular weight is 390 g/mol. The van der Waals surface area contributed by atoms with Crippen molar-refractivity contribution in [3.05, 3.63) is 82.0 Å². The second kappa shape index (κ2) is 10.9. The van der Waals surface area contributed by atoms with Crippen LogP contribution in [0.15, 0.2) is 66.0 Å². The van der Waals surface area contributed by atoms with Gasteiger partial charge in [0.05, 0.1) is 6.61 Å². The van der Waals surface area contributed by atoms with E-state index in [1.807, 2.05) is 25.1 Å². The summed E-state index contributed by atoms with van der Waals surface area (Å²) < 4.78 is 11.7. The van der Waals surface area contributed by atoms with E-state index in [1.165, 1.54) is 16.0 Å². The predicted octanol–water partition coefficient (Wildman–Crippen LogP) is 5.44. The van der Waals surface area contributed by atoms with Crippen molar-refractivity contribution in [3.8, 4) is 11.5 Å². The van der Waals surface area contributed by atoms with Gasteiger partial charge in [-0.05, 0) is 41.6 Å². The highest BCUT2D eigenvalue weighted by atomic mass is 35.5. The van der Waals surface area contributed by atoms with Crippen molar-refractivity contribution in [1.82, 2.24) is 5.32 Å². The molecular formula is C21H24ClNO2S. The lowest BCUT2D eigenvalue weighted by atomic mass is 10.2. The van der Waals surface area contributed by atoms with Gasteiger partial charge in [-0.15, -0.1) is 23.7 Å². The van der Waals surface area contributed by atoms with Crippen LogP contribution in [0.4, 0.5) is 0 Å². The molecule has 3 rings (SSSR count). The quantitative estimate of drug-likeness (QED) is 0.528. The van der Waals surface area contributed by atoms with Gasteiger partial charge in [-0.1, -0.05) is 42.5 Å². The molecule has 3 nitrogen and oxygen atoms in total. The molecule has 0 fully saturated rings. The Morgan fingerprint density at radius 3 is 2.38 bits per heavy atom. The number of hydrogen-bond donors (Lipinski definition) is 1. The first-order chi connectivity index (χ1) is 12.3. The second-order valence-electron chi connectivity index (χ2n) is 5.67. The Bertz CT molecular complexity index is 763. The Kier molecular flexibility index (Phi) is 8.48. The third kappa shape index (κ3) is 6.06. The molecule has 0 bridgehead atoms.